The summed E-state index contributed by atoms with van der Waals surface area (Å²) in [6, 6.07) is 7.95. The van der Waals surface area contributed by atoms with Crippen LogP contribution in [0.25, 0.3) is 0 Å². The number of rotatable bonds is 2. The van der Waals surface area contributed by atoms with Crippen LogP contribution in [0.2, 0.25) is 0 Å². The zero-order chi connectivity index (χ0) is 11.4. The molecule has 0 bridgehead atoms. The number of methoxy groups -OCH3 is 1. The summed E-state index contributed by atoms with van der Waals surface area (Å²) in [5.74, 6) is 0. The van der Waals surface area contributed by atoms with Crippen molar-refractivity contribution in [2.24, 2.45) is 0 Å². The number of nitrogens with zero attached hydrogens (tertiary/aromatic N) is 1. The van der Waals surface area contributed by atoms with Crippen molar-refractivity contribution in [1.82, 2.24) is 5.32 Å². The first-order valence-corrected chi connectivity index (χ1v) is 5.42. The molecule has 1 aromatic rings. The number of hydrogen-bond acceptors (Lipinski definition) is 2. The van der Waals surface area contributed by atoms with Crippen molar-refractivity contribution < 1.29 is 9.53 Å². The Morgan fingerprint density at radius 1 is 1.50 bits per heavy atom. The SMILES string of the molecule is COC(=O)Nc1ccccc1[C@@H]1CCC[N]1. The highest BCUT2D eigenvalue weighted by molar-refractivity contribution is 5.85. The summed E-state index contributed by atoms with van der Waals surface area (Å²) in [7, 11) is 1.36. The quantitative estimate of drug-likeness (QED) is 0.829. The number of ether oxygens (including phenoxy) is 1. The number of anilines is 1. The molecule has 85 valence electrons. The van der Waals surface area contributed by atoms with Gasteiger partial charge in [0.25, 0.3) is 0 Å². The maximum Gasteiger partial charge on any atom is 0.411 e. The fourth-order valence-corrected chi connectivity index (χ4v) is 1.94. The molecule has 0 saturated carbocycles. The second-order valence-electron chi connectivity index (χ2n) is 3.77. The molecule has 0 unspecified atom stereocenters. The minimum Gasteiger partial charge on any atom is -0.453 e. The molecule has 4 nitrogen and oxygen atoms in total. The number of para-hydroxylation sites is 1. The van der Waals surface area contributed by atoms with Crippen LogP contribution in [0.1, 0.15) is 24.4 Å². The molecule has 16 heavy (non-hydrogen) atoms. The Kier molecular flexibility index (Phi) is 3.41. The molecule has 1 saturated heterocycles. The van der Waals surface area contributed by atoms with Gasteiger partial charge in [-0.3, -0.25) is 5.32 Å². The number of hydrogen-bond donors (Lipinski definition) is 1. The summed E-state index contributed by atoms with van der Waals surface area (Å²) in [6.45, 7) is 0.914. The van der Waals surface area contributed by atoms with Gasteiger partial charge in [-0.25, -0.2) is 10.1 Å². The van der Waals surface area contributed by atoms with E-state index in [9.17, 15) is 4.79 Å². The van der Waals surface area contributed by atoms with Gasteiger partial charge in [0.1, 0.15) is 0 Å². The van der Waals surface area contributed by atoms with E-state index >= 15 is 0 Å². The third kappa shape index (κ3) is 2.33. The Balaban J connectivity index is 2.19. The monoisotopic (exact) mass is 219 g/mol. The summed E-state index contributed by atoms with van der Waals surface area (Å²) in [5, 5.41) is 7.22. The lowest BCUT2D eigenvalue weighted by atomic mass is 10.0. The van der Waals surface area contributed by atoms with Crippen LogP contribution in [0.5, 0.6) is 0 Å². The maximum absolute atomic E-state index is 11.2. The van der Waals surface area contributed by atoms with E-state index in [0.29, 0.717) is 0 Å². The van der Waals surface area contributed by atoms with E-state index in [0.717, 1.165) is 30.6 Å². The minimum absolute atomic E-state index is 0.216. The number of carbonyl (C=O) groups excluding carboxylic acids is 1. The topological polar surface area (TPSA) is 52.4 Å². The number of benzene rings is 1. The summed E-state index contributed by atoms with van der Waals surface area (Å²) in [5.41, 5.74) is 1.87. The van der Waals surface area contributed by atoms with Crippen LogP contribution in [0, 0.1) is 0 Å². The van der Waals surface area contributed by atoms with Crippen LogP contribution in [0.15, 0.2) is 24.3 Å². The average Bonchev–Trinajstić information content (AvgIpc) is 2.83. The number of amides is 1. The summed E-state index contributed by atoms with van der Waals surface area (Å²) in [4.78, 5) is 11.2. The zero-order valence-electron chi connectivity index (χ0n) is 9.27. The molecular weight excluding hydrogens is 204 g/mol. The summed E-state index contributed by atoms with van der Waals surface area (Å²) < 4.78 is 4.59. The third-order valence-corrected chi connectivity index (χ3v) is 2.73. The Morgan fingerprint density at radius 3 is 3.00 bits per heavy atom. The lowest BCUT2D eigenvalue weighted by molar-refractivity contribution is 0.187. The third-order valence-electron chi connectivity index (χ3n) is 2.73. The van der Waals surface area contributed by atoms with E-state index in [-0.39, 0.29) is 6.04 Å². The second-order valence-corrected chi connectivity index (χ2v) is 3.77. The van der Waals surface area contributed by atoms with Crippen LogP contribution >= 0.6 is 0 Å². The normalized spacial score (nSPS) is 19.4. The molecule has 1 aliphatic rings. The first kappa shape index (κ1) is 11.0. The lowest BCUT2D eigenvalue weighted by Gasteiger charge is -2.14. The van der Waals surface area contributed by atoms with Crippen molar-refractivity contribution in [2.45, 2.75) is 18.9 Å². The van der Waals surface area contributed by atoms with Gasteiger partial charge in [-0.15, -0.1) is 0 Å². The average molecular weight is 219 g/mol. The van der Waals surface area contributed by atoms with E-state index in [1.807, 2.05) is 24.3 Å². The molecule has 0 aromatic heterocycles. The van der Waals surface area contributed by atoms with Crippen molar-refractivity contribution >= 4 is 11.8 Å². The van der Waals surface area contributed by atoms with E-state index in [4.69, 9.17) is 0 Å². The summed E-state index contributed by atoms with van der Waals surface area (Å²) in [6.07, 6.45) is 1.74. The van der Waals surface area contributed by atoms with Crippen LogP contribution < -0.4 is 10.6 Å². The van der Waals surface area contributed by atoms with E-state index in [1.165, 1.54) is 7.11 Å². The van der Waals surface area contributed by atoms with Crippen LogP contribution in [-0.4, -0.2) is 19.7 Å². The van der Waals surface area contributed by atoms with Gasteiger partial charge >= 0.3 is 6.09 Å². The molecule has 2 rings (SSSR count). The molecule has 1 radical (unpaired) electrons. The predicted molar refractivity (Wildman–Crippen MR) is 61.4 cm³/mol. The molecular formula is C12H15N2O2. The highest BCUT2D eigenvalue weighted by Crippen LogP contribution is 2.30. The van der Waals surface area contributed by atoms with Gasteiger partial charge in [0, 0.05) is 12.2 Å². The fourth-order valence-electron chi connectivity index (χ4n) is 1.94. The number of nitrogens with one attached hydrogen (secondary N) is 1. The Bertz CT molecular complexity index is 373. The predicted octanol–water partition coefficient (Wildman–Crippen LogP) is 2.30. The first-order valence-electron chi connectivity index (χ1n) is 5.42. The maximum atomic E-state index is 11.2. The molecule has 4 heteroatoms. The van der Waals surface area contributed by atoms with E-state index < -0.39 is 6.09 Å². The Hall–Kier alpha value is -1.55. The van der Waals surface area contributed by atoms with E-state index in [1.54, 1.807) is 0 Å². The highest BCUT2D eigenvalue weighted by atomic mass is 16.5. The van der Waals surface area contributed by atoms with Crippen molar-refractivity contribution in [3.63, 3.8) is 0 Å². The van der Waals surface area contributed by atoms with Crippen molar-refractivity contribution in [2.75, 3.05) is 19.0 Å². The van der Waals surface area contributed by atoms with Gasteiger partial charge in [-0.2, -0.15) is 0 Å². The van der Waals surface area contributed by atoms with Gasteiger partial charge in [0.15, 0.2) is 0 Å². The smallest absolute Gasteiger partial charge is 0.411 e. The molecule has 1 aromatic carbocycles. The number of carbonyl (C=O) groups is 1. The van der Waals surface area contributed by atoms with Crippen LogP contribution in [0.3, 0.4) is 0 Å². The summed E-state index contributed by atoms with van der Waals surface area (Å²) >= 11 is 0. The van der Waals surface area contributed by atoms with Gasteiger partial charge in [-0.05, 0) is 24.5 Å². The van der Waals surface area contributed by atoms with E-state index in [2.05, 4.69) is 15.4 Å². The molecule has 0 spiro atoms. The Morgan fingerprint density at radius 2 is 2.31 bits per heavy atom. The fraction of sp³-hybridized carbons (Fsp3) is 0.417. The van der Waals surface area contributed by atoms with Crippen LogP contribution in [0.4, 0.5) is 10.5 Å². The minimum atomic E-state index is -0.439. The second kappa shape index (κ2) is 4.99. The first-order chi connectivity index (χ1) is 7.81. The molecule has 1 aliphatic heterocycles. The van der Waals surface area contributed by atoms with Gasteiger partial charge in [0.05, 0.1) is 13.2 Å². The molecule has 1 atom stereocenters. The largest absolute Gasteiger partial charge is 0.453 e. The lowest BCUT2D eigenvalue weighted by Crippen LogP contribution is -2.15. The zero-order valence-corrected chi connectivity index (χ0v) is 9.27. The molecule has 1 N–H and O–H groups in total. The Labute approximate surface area is 95.0 Å². The van der Waals surface area contributed by atoms with Gasteiger partial charge in [-0.1, -0.05) is 18.2 Å². The highest BCUT2D eigenvalue weighted by Gasteiger charge is 2.20. The standard InChI is InChI=1S/C12H15N2O2/c1-16-12(15)14-11-6-3-2-5-9(11)10-7-4-8-13-10/h2-3,5-6,10H,4,7-8H2,1H3,(H,14,15)/t10-/m0/s1. The van der Waals surface area contributed by atoms with Gasteiger partial charge < -0.3 is 4.74 Å². The molecule has 1 heterocycles. The molecule has 1 fully saturated rings. The van der Waals surface area contributed by atoms with Crippen LogP contribution in [-0.2, 0) is 4.74 Å². The van der Waals surface area contributed by atoms with Crippen molar-refractivity contribution in [3.05, 3.63) is 29.8 Å². The molecule has 0 aliphatic carbocycles. The van der Waals surface area contributed by atoms with Crippen molar-refractivity contribution in [1.29, 1.82) is 0 Å². The van der Waals surface area contributed by atoms with Crippen molar-refractivity contribution in [3.8, 4) is 0 Å². The molecule has 1 amide bonds. The van der Waals surface area contributed by atoms with Gasteiger partial charge in [0.2, 0.25) is 0 Å².